The van der Waals surface area contributed by atoms with Crippen LogP contribution in [0.1, 0.15) is 10.4 Å². The number of amides is 1. The van der Waals surface area contributed by atoms with E-state index in [1.54, 1.807) is 12.1 Å². The van der Waals surface area contributed by atoms with Gasteiger partial charge in [0, 0.05) is 10.6 Å². The molecule has 1 aromatic rings. The number of hydrogen-bond donors (Lipinski definition) is 6. The van der Waals surface area contributed by atoms with E-state index in [1.807, 2.05) is 0 Å². The molecule has 22 heavy (non-hydrogen) atoms. The third-order valence-corrected chi connectivity index (χ3v) is 3.58. The van der Waals surface area contributed by atoms with Crippen molar-refractivity contribution < 1.29 is 30.0 Å². The molecule has 1 aromatic carbocycles. The van der Waals surface area contributed by atoms with Crippen LogP contribution in [0.25, 0.3) is 0 Å². The molecule has 1 aliphatic rings. The highest BCUT2D eigenvalue weighted by atomic mass is 35.5. The van der Waals surface area contributed by atoms with Gasteiger partial charge in [0.25, 0.3) is 5.91 Å². The predicted octanol–water partition coefficient (Wildman–Crippen LogP) is -1.63. The minimum atomic E-state index is -1.52. The molecular formula is C13H17ClN2O6. The summed E-state index contributed by atoms with van der Waals surface area (Å²) >= 11 is 5.72. The van der Waals surface area contributed by atoms with E-state index in [-0.39, 0.29) is 0 Å². The summed E-state index contributed by atoms with van der Waals surface area (Å²) in [5, 5.41) is 38.6. The van der Waals surface area contributed by atoms with Gasteiger partial charge in [0.15, 0.2) is 6.23 Å². The monoisotopic (exact) mass is 332 g/mol. The van der Waals surface area contributed by atoms with Gasteiger partial charge in [-0.3, -0.25) is 10.2 Å². The molecule has 6 N–H and O–H groups in total. The number of carbonyl (C=O) groups excluding carboxylic acids is 1. The molecule has 0 spiro atoms. The molecule has 8 nitrogen and oxygen atoms in total. The Hall–Kier alpha value is -1.26. The van der Waals surface area contributed by atoms with E-state index < -0.39 is 43.2 Å². The number of carbonyl (C=O) groups is 1. The first-order valence-corrected chi connectivity index (χ1v) is 6.93. The second kappa shape index (κ2) is 7.34. The molecule has 2 rings (SSSR count). The van der Waals surface area contributed by atoms with Crippen molar-refractivity contribution >= 4 is 17.5 Å². The van der Waals surface area contributed by atoms with Crippen LogP contribution < -0.4 is 10.9 Å². The van der Waals surface area contributed by atoms with Gasteiger partial charge in [-0.1, -0.05) is 11.6 Å². The third kappa shape index (κ3) is 3.73. The van der Waals surface area contributed by atoms with E-state index in [0.29, 0.717) is 10.6 Å². The summed E-state index contributed by atoms with van der Waals surface area (Å²) in [4.78, 5) is 11.9. The highest BCUT2D eigenvalue weighted by molar-refractivity contribution is 6.30. The first kappa shape index (κ1) is 17.1. The van der Waals surface area contributed by atoms with Crippen LogP contribution in [0.3, 0.4) is 0 Å². The zero-order chi connectivity index (χ0) is 16.3. The standard InChI is InChI=1S/C13H17ClN2O6/c14-7-3-1-6(2-4-7)12(21)15-16-13-11(20)10(19)9(18)8(5-17)22-13/h1-4,8-11,13,16-20H,5H2,(H,15,21)/t8-,9-,10+,11-,13-/m1/s1. The minimum Gasteiger partial charge on any atom is -0.394 e. The van der Waals surface area contributed by atoms with Crippen LogP contribution in [0.4, 0.5) is 0 Å². The van der Waals surface area contributed by atoms with Crippen molar-refractivity contribution in [2.45, 2.75) is 30.6 Å². The second-order valence-electron chi connectivity index (χ2n) is 4.85. The van der Waals surface area contributed by atoms with Crippen molar-refractivity contribution in [3.05, 3.63) is 34.9 Å². The molecule has 1 saturated heterocycles. The van der Waals surface area contributed by atoms with Crippen molar-refractivity contribution in [1.82, 2.24) is 10.9 Å². The lowest BCUT2D eigenvalue weighted by atomic mass is 9.99. The fourth-order valence-electron chi connectivity index (χ4n) is 2.03. The highest BCUT2D eigenvalue weighted by Crippen LogP contribution is 2.19. The maximum absolute atomic E-state index is 11.9. The van der Waals surface area contributed by atoms with Crippen LogP contribution in [0, 0.1) is 0 Å². The molecular weight excluding hydrogens is 316 g/mol. The van der Waals surface area contributed by atoms with Gasteiger partial charge in [-0.25, -0.2) is 5.43 Å². The lowest BCUT2D eigenvalue weighted by Gasteiger charge is -2.40. The third-order valence-electron chi connectivity index (χ3n) is 3.33. The lowest BCUT2D eigenvalue weighted by molar-refractivity contribution is -0.238. The Bertz CT molecular complexity index is 512. The van der Waals surface area contributed by atoms with Gasteiger partial charge in [0.05, 0.1) is 6.61 Å². The Morgan fingerprint density at radius 3 is 2.36 bits per heavy atom. The molecule has 0 radical (unpaired) electrons. The van der Waals surface area contributed by atoms with Crippen LogP contribution in [0.2, 0.25) is 5.02 Å². The molecule has 5 atom stereocenters. The van der Waals surface area contributed by atoms with Crippen molar-refractivity contribution in [2.24, 2.45) is 0 Å². The van der Waals surface area contributed by atoms with Gasteiger partial charge in [0.2, 0.25) is 0 Å². The van der Waals surface area contributed by atoms with Gasteiger partial charge in [0.1, 0.15) is 24.4 Å². The average molecular weight is 333 g/mol. The molecule has 1 heterocycles. The number of aliphatic hydroxyl groups is 4. The molecule has 1 fully saturated rings. The average Bonchev–Trinajstić information content (AvgIpc) is 2.52. The number of benzene rings is 1. The van der Waals surface area contributed by atoms with E-state index in [0.717, 1.165) is 0 Å². The van der Waals surface area contributed by atoms with Crippen molar-refractivity contribution in [1.29, 1.82) is 0 Å². The maximum atomic E-state index is 11.9. The van der Waals surface area contributed by atoms with E-state index in [9.17, 15) is 20.1 Å². The number of hydrazine groups is 1. The fourth-order valence-corrected chi connectivity index (χ4v) is 2.16. The summed E-state index contributed by atoms with van der Waals surface area (Å²) in [6.07, 6.45) is -6.70. The van der Waals surface area contributed by atoms with E-state index >= 15 is 0 Å². The SMILES string of the molecule is O=C(NN[C@@H]1O[C@H](CO)[C@@H](O)[C@H](O)[C@H]1O)c1ccc(Cl)cc1. The summed E-state index contributed by atoms with van der Waals surface area (Å²) < 4.78 is 5.18. The first-order valence-electron chi connectivity index (χ1n) is 6.56. The first-order chi connectivity index (χ1) is 10.4. The number of halogens is 1. The molecule has 0 aromatic heterocycles. The zero-order valence-electron chi connectivity index (χ0n) is 11.4. The Labute approximate surface area is 131 Å². The smallest absolute Gasteiger partial charge is 0.265 e. The summed E-state index contributed by atoms with van der Waals surface area (Å²) in [6.45, 7) is -0.547. The minimum absolute atomic E-state index is 0.321. The number of nitrogens with one attached hydrogen (secondary N) is 2. The fraction of sp³-hybridized carbons (Fsp3) is 0.462. The van der Waals surface area contributed by atoms with Crippen molar-refractivity contribution in [3.8, 4) is 0 Å². The van der Waals surface area contributed by atoms with E-state index in [4.69, 9.17) is 21.4 Å². The summed E-state index contributed by atoms with van der Waals surface area (Å²) in [6, 6.07) is 6.11. The number of ether oxygens (including phenoxy) is 1. The Balaban J connectivity index is 1.95. The van der Waals surface area contributed by atoms with Crippen LogP contribution in [0.5, 0.6) is 0 Å². The summed E-state index contributed by atoms with van der Waals surface area (Å²) in [5.41, 5.74) is 5.04. The molecule has 0 saturated carbocycles. The summed E-state index contributed by atoms with van der Waals surface area (Å²) in [5.74, 6) is -0.506. The summed E-state index contributed by atoms with van der Waals surface area (Å²) in [7, 11) is 0. The molecule has 0 bridgehead atoms. The number of rotatable bonds is 4. The van der Waals surface area contributed by atoms with Crippen molar-refractivity contribution in [3.63, 3.8) is 0 Å². The van der Waals surface area contributed by atoms with Crippen molar-refractivity contribution in [2.75, 3.05) is 6.61 Å². The molecule has 122 valence electrons. The maximum Gasteiger partial charge on any atom is 0.265 e. The zero-order valence-corrected chi connectivity index (χ0v) is 12.1. The molecule has 1 amide bonds. The normalized spacial score (nSPS) is 31.8. The van der Waals surface area contributed by atoms with E-state index in [1.165, 1.54) is 12.1 Å². The molecule has 9 heteroatoms. The van der Waals surface area contributed by atoms with Gasteiger partial charge in [-0.15, -0.1) is 0 Å². The van der Waals surface area contributed by atoms with Gasteiger partial charge >= 0.3 is 0 Å². The number of hydrogen-bond acceptors (Lipinski definition) is 7. The Morgan fingerprint density at radius 1 is 1.14 bits per heavy atom. The second-order valence-corrected chi connectivity index (χ2v) is 5.29. The quantitative estimate of drug-likeness (QED) is 0.365. The van der Waals surface area contributed by atoms with Crippen LogP contribution >= 0.6 is 11.6 Å². The van der Waals surface area contributed by atoms with Gasteiger partial charge in [-0.05, 0) is 24.3 Å². The Kier molecular flexibility index (Phi) is 5.70. The topological polar surface area (TPSA) is 131 Å². The van der Waals surface area contributed by atoms with E-state index in [2.05, 4.69) is 10.9 Å². The largest absolute Gasteiger partial charge is 0.394 e. The van der Waals surface area contributed by atoms with Crippen LogP contribution in [-0.2, 0) is 4.74 Å². The Morgan fingerprint density at radius 2 is 1.77 bits per heavy atom. The lowest BCUT2D eigenvalue weighted by Crippen LogP contribution is -2.64. The molecule has 1 aliphatic heterocycles. The van der Waals surface area contributed by atoms with Gasteiger partial charge < -0.3 is 25.2 Å². The predicted molar refractivity (Wildman–Crippen MR) is 75.8 cm³/mol. The van der Waals surface area contributed by atoms with Gasteiger partial charge in [-0.2, -0.15) is 0 Å². The number of aliphatic hydroxyl groups excluding tert-OH is 4. The molecule has 0 aliphatic carbocycles. The van der Waals surface area contributed by atoms with Crippen LogP contribution in [0.15, 0.2) is 24.3 Å². The molecule has 0 unspecified atom stereocenters. The van der Waals surface area contributed by atoms with Crippen LogP contribution in [-0.4, -0.2) is 63.6 Å². The highest BCUT2D eigenvalue weighted by Gasteiger charge is 2.43.